The Morgan fingerprint density at radius 2 is 1.70 bits per heavy atom. The highest BCUT2D eigenvalue weighted by Gasteiger charge is 2.13. The third-order valence-corrected chi connectivity index (χ3v) is 3.62. The summed E-state index contributed by atoms with van der Waals surface area (Å²) in [5, 5.41) is 0. The van der Waals surface area contributed by atoms with Crippen LogP contribution in [-0.4, -0.2) is 6.04 Å². The van der Waals surface area contributed by atoms with E-state index in [-0.39, 0.29) is 11.9 Å². The molecule has 106 valence electrons. The van der Waals surface area contributed by atoms with Crippen molar-refractivity contribution in [2.75, 3.05) is 0 Å². The largest absolute Gasteiger partial charge is 0.328 e. The fraction of sp³-hybridized carbons (Fsp3) is 0.333. The molecule has 0 aliphatic heterocycles. The van der Waals surface area contributed by atoms with E-state index >= 15 is 0 Å². The van der Waals surface area contributed by atoms with Gasteiger partial charge in [-0.3, -0.25) is 0 Å². The van der Waals surface area contributed by atoms with Crippen LogP contribution in [0.5, 0.6) is 0 Å². The van der Waals surface area contributed by atoms with Crippen LogP contribution in [0.15, 0.2) is 30.3 Å². The summed E-state index contributed by atoms with van der Waals surface area (Å²) >= 11 is 0. The summed E-state index contributed by atoms with van der Waals surface area (Å²) in [7, 11) is 0. The smallest absolute Gasteiger partial charge is 0.123 e. The minimum Gasteiger partial charge on any atom is -0.328 e. The third-order valence-electron chi connectivity index (χ3n) is 3.62. The Morgan fingerprint density at radius 3 is 2.30 bits per heavy atom. The summed E-state index contributed by atoms with van der Waals surface area (Å²) in [5.74, 6) is -0.190. The van der Waals surface area contributed by atoms with Gasteiger partial charge in [-0.2, -0.15) is 0 Å². The highest BCUT2D eigenvalue weighted by atomic mass is 19.1. The molecule has 20 heavy (non-hydrogen) atoms. The molecule has 0 amide bonds. The molecule has 2 aromatic rings. The molecule has 0 aliphatic rings. The van der Waals surface area contributed by atoms with Crippen LogP contribution in [0, 0.1) is 26.6 Å². The average Bonchev–Trinajstić information content (AvgIpc) is 2.32. The summed E-state index contributed by atoms with van der Waals surface area (Å²) in [5.41, 5.74) is 12.9. The minimum absolute atomic E-state index is 0.107. The zero-order chi connectivity index (χ0) is 14.9. The number of aryl methyl sites for hydroxylation is 3. The second-order valence-electron chi connectivity index (χ2n) is 5.75. The molecule has 0 spiro atoms. The van der Waals surface area contributed by atoms with Crippen molar-refractivity contribution < 1.29 is 4.39 Å². The molecule has 1 unspecified atom stereocenters. The maximum absolute atomic E-state index is 13.3. The SMILES string of the molecule is Cc1cc(C)c(CC(C)N)c(-c2ccc(F)cc2C)c1. The summed E-state index contributed by atoms with van der Waals surface area (Å²) in [6.07, 6.45) is 0.832. The van der Waals surface area contributed by atoms with Gasteiger partial charge in [0.2, 0.25) is 0 Å². The average molecular weight is 271 g/mol. The summed E-state index contributed by atoms with van der Waals surface area (Å²) in [6.45, 7) is 8.17. The molecule has 0 saturated carbocycles. The van der Waals surface area contributed by atoms with Gasteiger partial charge >= 0.3 is 0 Å². The number of hydrogen-bond donors (Lipinski definition) is 1. The van der Waals surface area contributed by atoms with Crippen molar-refractivity contribution in [1.82, 2.24) is 0 Å². The number of hydrogen-bond acceptors (Lipinski definition) is 1. The fourth-order valence-electron chi connectivity index (χ4n) is 2.76. The Balaban J connectivity index is 2.65. The lowest BCUT2D eigenvalue weighted by Crippen LogP contribution is -2.19. The standard InChI is InChI=1S/C18H22FN/c1-11-7-12(2)17(10-14(4)20)18(8-11)16-6-5-15(19)9-13(16)3/h5-9,14H,10,20H2,1-4H3. The number of halogens is 1. The zero-order valence-corrected chi connectivity index (χ0v) is 12.6. The topological polar surface area (TPSA) is 26.0 Å². The van der Waals surface area contributed by atoms with E-state index in [1.54, 1.807) is 6.07 Å². The Morgan fingerprint density at radius 1 is 1.00 bits per heavy atom. The van der Waals surface area contributed by atoms with Gasteiger partial charge < -0.3 is 5.73 Å². The van der Waals surface area contributed by atoms with Crippen molar-refractivity contribution in [3.63, 3.8) is 0 Å². The first-order valence-electron chi connectivity index (χ1n) is 7.00. The Labute approximate surface area is 120 Å². The zero-order valence-electron chi connectivity index (χ0n) is 12.6. The molecule has 2 rings (SSSR count). The van der Waals surface area contributed by atoms with Crippen LogP contribution < -0.4 is 5.73 Å². The van der Waals surface area contributed by atoms with Crippen molar-refractivity contribution in [3.8, 4) is 11.1 Å². The van der Waals surface area contributed by atoms with E-state index in [0.717, 1.165) is 17.5 Å². The van der Waals surface area contributed by atoms with Crippen LogP contribution in [0.25, 0.3) is 11.1 Å². The van der Waals surface area contributed by atoms with E-state index in [2.05, 4.69) is 26.0 Å². The second kappa shape index (κ2) is 5.76. The van der Waals surface area contributed by atoms with Gasteiger partial charge in [0.15, 0.2) is 0 Å². The highest BCUT2D eigenvalue weighted by Crippen LogP contribution is 2.31. The Kier molecular flexibility index (Phi) is 4.24. The summed E-state index contributed by atoms with van der Waals surface area (Å²) in [6, 6.07) is 9.43. The maximum atomic E-state index is 13.3. The predicted molar refractivity (Wildman–Crippen MR) is 83.4 cm³/mol. The molecule has 0 bridgehead atoms. The van der Waals surface area contributed by atoms with Gasteiger partial charge in [-0.25, -0.2) is 4.39 Å². The van der Waals surface area contributed by atoms with E-state index in [4.69, 9.17) is 5.73 Å². The molecule has 0 radical (unpaired) electrons. The molecule has 2 heteroatoms. The molecule has 2 N–H and O–H groups in total. The van der Waals surface area contributed by atoms with Crippen LogP contribution in [0.1, 0.15) is 29.2 Å². The first kappa shape index (κ1) is 14.7. The van der Waals surface area contributed by atoms with Crippen LogP contribution in [-0.2, 0) is 6.42 Å². The Bertz CT molecular complexity index is 630. The molecule has 2 aromatic carbocycles. The van der Waals surface area contributed by atoms with E-state index in [0.29, 0.717) is 0 Å². The molecular formula is C18H22FN. The summed E-state index contributed by atoms with van der Waals surface area (Å²) in [4.78, 5) is 0. The quantitative estimate of drug-likeness (QED) is 0.884. The van der Waals surface area contributed by atoms with Crippen molar-refractivity contribution in [1.29, 1.82) is 0 Å². The molecule has 0 aliphatic carbocycles. The fourth-order valence-corrected chi connectivity index (χ4v) is 2.76. The van der Waals surface area contributed by atoms with Gasteiger partial charge in [0.25, 0.3) is 0 Å². The number of nitrogens with two attached hydrogens (primary N) is 1. The maximum Gasteiger partial charge on any atom is 0.123 e. The molecule has 0 heterocycles. The molecular weight excluding hydrogens is 249 g/mol. The van der Waals surface area contributed by atoms with Gasteiger partial charge in [-0.05, 0) is 74.1 Å². The molecule has 0 fully saturated rings. The monoisotopic (exact) mass is 271 g/mol. The lowest BCUT2D eigenvalue weighted by atomic mass is 9.88. The lowest BCUT2D eigenvalue weighted by molar-refractivity contribution is 0.627. The predicted octanol–water partition coefficient (Wildman–Crippen LogP) is 4.31. The first-order chi connectivity index (χ1) is 9.38. The van der Waals surface area contributed by atoms with E-state index in [9.17, 15) is 4.39 Å². The van der Waals surface area contributed by atoms with Crippen molar-refractivity contribution >= 4 is 0 Å². The normalized spacial score (nSPS) is 12.5. The van der Waals surface area contributed by atoms with Crippen molar-refractivity contribution in [2.45, 2.75) is 40.2 Å². The van der Waals surface area contributed by atoms with Crippen LogP contribution in [0.2, 0.25) is 0 Å². The molecule has 1 atom stereocenters. The number of rotatable bonds is 3. The summed E-state index contributed by atoms with van der Waals surface area (Å²) < 4.78 is 13.3. The van der Waals surface area contributed by atoms with E-state index in [1.165, 1.54) is 28.3 Å². The van der Waals surface area contributed by atoms with Crippen molar-refractivity contribution in [2.24, 2.45) is 5.73 Å². The van der Waals surface area contributed by atoms with Gasteiger partial charge in [0.05, 0.1) is 0 Å². The molecule has 1 nitrogen and oxygen atoms in total. The first-order valence-corrected chi connectivity index (χ1v) is 7.00. The highest BCUT2D eigenvalue weighted by molar-refractivity contribution is 5.72. The number of benzene rings is 2. The lowest BCUT2D eigenvalue weighted by Gasteiger charge is -2.18. The van der Waals surface area contributed by atoms with Gasteiger partial charge in [0, 0.05) is 6.04 Å². The van der Waals surface area contributed by atoms with Crippen molar-refractivity contribution in [3.05, 3.63) is 58.4 Å². The van der Waals surface area contributed by atoms with E-state index < -0.39 is 0 Å². The Hall–Kier alpha value is -1.67. The van der Waals surface area contributed by atoms with Gasteiger partial charge in [-0.1, -0.05) is 23.8 Å². The van der Waals surface area contributed by atoms with Gasteiger partial charge in [-0.15, -0.1) is 0 Å². The van der Waals surface area contributed by atoms with Crippen LogP contribution >= 0.6 is 0 Å². The van der Waals surface area contributed by atoms with Gasteiger partial charge in [0.1, 0.15) is 5.82 Å². The molecule has 0 saturated heterocycles. The third kappa shape index (κ3) is 3.07. The molecule has 0 aromatic heterocycles. The minimum atomic E-state index is -0.190. The van der Waals surface area contributed by atoms with Crippen LogP contribution in [0.4, 0.5) is 4.39 Å². The van der Waals surface area contributed by atoms with E-state index in [1.807, 2.05) is 19.9 Å². The second-order valence-corrected chi connectivity index (χ2v) is 5.75. The van der Waals surface area contributed by atoms with Crippen LogP contribution in [0.3, 0.4) is 0 Å².